The fourth-order valence-electron chi connectivity index (χ4n) is 6.19. The average molecular weight is 529 g/mol. The Hall–Kier alpha value is -5.24. The molecule has 0 saturated heterocycles. The van der Waals surface area contributed by atoms with E-state index in [2.05, 4.69) is 10.6 Å². The summed E-state index contributed by atoms with van der Waals surface area (Å²) < 4.78 is 7.31. The van der Waals surface area contributed by atoms with Crippen molar-refractivity contribution in [1.29, 1.82) is 0 Å². The summed E-state index contributed by atoms with van der Waals surface area (Å²) in [6, 6.07) is 25.9. The van der Waals surface area contributed by atoms with Gasteiger partial charge in [-0.1, -0.05) is 72.8 Å². The van der Waals surface area contributed by atoms with E-state index in [1.807, 2.05) is 72.8 Å². The van der Waals surface area contributed by atoms with Crippen molar-refractivity contribution in [2.24, 2.45) is 0 Å². The van der Waals surface area contributed by atoms with Crippen LogP contribution in [0.15, 0.2) is 96.1 Å². The summed E-state index contributed by atoms with van der Waals surface area (Å²) in [5, 5.41) is 11.3. The number of ether oxygens (including phenoxy) is 1. The first-order chi connectivity index (χ1) is 19.5. The lowest BCUT2D eigenvalue weighted by molar-refractivity contribution is -0.140. The molecule has 3 aliphatic rings. The Labute approximate surface area is 230 Å². The number of para-hydroxylation sites is 1. The molecular weight excluding hydrogens is 504 g/mol. The predicted octanol–water partition coefficient (Wildman–Crippen LogP) is 4.56. The van der Waals surface area contributed by atoms with Gasteiger partial charge in [-0.15, -0.1) is 0 Å². The molecular formula is C32H24N4O4. The second kappa shape index (κ2) is 8.64. The molecule has 196 valence electrons. The number of aromatic nitrogens is 2. The summed E-state index contributed by atoms with van der Waals surface area (Å²) in [5.41, 5.74) is 2.77. The van der Waals surface area contributed by atoms with Crippen LogP contribution in [-0.4, -0.2) is 34.0 Å². The van der Waals surface area contributed by atoms with Crippen LogP contribution in [0.25, 0.3) is 17.1 Å². The number of amides is 1. The van der Waals surface area contributed by atoms with Gasteiger partial charge in [0.05, 0.1) is 35.0 Å². The number of benzene rings is 3. The van der Waals surface area contributed by atoms with Crippen molar-refractivity contribution < 1.29 is 19.1 Å². The van der Waals surface area contributed by atoms with Crippen LogP contribution in [0.3, 0.4) is 0 Å². The molecule has 0 fully saturated rings. The zero-order chi connectivity index (χ0) is 27.6. The van der Waals surface area contributed by atoms with Gasteiger partial charge in [-0.05, 0) is 31.5 Å². The summed E-state index contributed by atoms with van der Waals surface area (Å²) >= 11 is 0. The lowest BCUT2D eigenvalue weighted by Gasteiger charge is -2.35. The van der Waals surface area contributed by atoms with Crippen LogP contribution in [-0.2, 0) is 19.7 Å². The molecule has 3 aromatic carbocycles. The molecule has 1 aliphatic carbocycles. The van der Waals surface area contributed by atoms with Gasteiger partial charge in [0.2, 0.25) is 5.91 Å². The van der Waals surface area contributed by atoms with Crippen LogP contribution in [0.1, 0.15) is 39.7 Å². The Morgan fingerprint density at radius 1 is 0.875 bits per heavy atom. The summed E-state index contributed by atoms with van der Waals surface area (Å²) in [6.45, 7) is 3.60. The second-order valence-corrected chi connectivity index (χ2v) is 9.85. The molecule has 0 bridgehead atoms. The third-order valence-electron chi connectivity index (χ3n) is 7.72. The molecule has 8 nitrogen and oxygen atoms in total. The Morgan fingerprint density at radius 2 is 1.52 bits per heavy atom. The van der Waals surface area contributed by atoms with Gasteiger partial charge in [0, 0.05) is 22.3 Å². The van der Waals surface area contributed by atoms with Crippen molar-refractivity contribution in [2.45, 2.75) is 19.3 Å². The molecule has 7 rings (SSSR count). The summed E-state index contributed by atoms with van der Waals surface area (Å²) in [4.78, 5) is 42.7. The van der Waals surface area contributed by atoms with Crippen LogP contribution >= 0.6 is 0 Å². The Bertz CT molecular complexity index is 1820. The quantitative estimate of drug-likeness (QED) is 0.377. The number of fused-ring (bicyclic) bond motifs is 5. The summed E-state index contributed by atoms with van der Waals surface area (Å²) in [6.07, 6.45) is 0. The van der Waals surface area contributed by atoms with E-state index in [1.165, 1.54) is 0 Å². The highest BCUT2D eigenvalue weighted by atomic mass is 16.5. The number of carbonyl (C=O) groups excluding carboxylic acids is 3. The molecule has 2 aliphatic heterocycles. The van der Waals surface area contributed by atoms with Crippen LogP contribution in [0.2, 0.25) is 0 Å². The molecule has 0 saturated carbocycles. The minimum atomic E-state index is -1.79. The third-order valence-corrected chi connectivity index (χ3v) is 7.72. The number of aryl methyl sites for hydroxylation is 1. The highest BCUT2D eigenvalue weighted by molar-refractivity contribution is 6.32. The molecule has 1 amide bonds. The molecule has 3 heterocycles. The molecule has 4 aromatic rings. The second-order valence-electron chi connectivity index (χ2n) is 9.85. The summed E-state index contributed by atoms with van der Waals surface area (Å²) in [7, 11) is 0. The van der Waals surface area contributed by atoms with Crippen molar-refractivity contribution in [2.75, 3.05) is 11.9 Å². The molecule has 40 heavy (non-hydrogen) atoms. The normalized spacial score (nSPS) is 18.9. The maximum atomic E-state index is 14.5. The topological polar surface area (TPSA) is 102 Å². The van der Waals surface area contributed by atoms with Gasteiger partial charge in [-0.3, -0.25) is 9.59 Å². The van der Waals surface area contributed by atoms with Gasteiger partial charge < -0.3 is 15.4 Å². The van der Waals surface area contributed by atoms with E-state index >= 15 is 0 Å². The molecule has 1 aromatic heterocycles. The largest absolute Gasteiger partial charge is 0.463 e. The molecule has 8 heteroatoms. The zero-order valence-corrected chi connectivity index (χ0v) is 21.8. The number of esters is 1. The third kappa shape index (κ3) is 3.01. The van der Waals surface area contributed by atoms with E-state index in [9.17, 15) is 14.4 Å². The number of rotatable bonds is 4. The van der Waals surface area contributed by atoms with Crippen molar-refractivity contribution in [3.63, 3.8) is 0 Å². The Balaban J connectivity index is 1.63. The van der Waals surface area contributed by atoms with E-state index in [0.29, 0.717) is 45.2 Å². The van der Waals surface area contributed by atoms with Gasteiger partial charge >= 0.3 is 5.97 Å². The number of hydrogen-bond acceptors (Lipinski definition) is 6. The highest BCUT2D eigenvalue weighted by Gasteiger charge is 2.64. The first-order valence-electron chi connectivity index (χ1n) is 13.1. The Morgan fingerprint density at radius 3 is 2.23 bits per heavy atom. The van der Waals surface area contributed by atoms with Gasteiger partial charge in [0.15, 0.2) is 5.78 Å². The molecule has 0 radical (unpaired) electrons. The fraction of sp³-hybridized carbons (Fsp3) is 0.125. The maximum absolute atomic E-state index is 14.5. The number of Topliss-reactive ketones (excluding diaryl/α,β-unsaturated/α-hetero) is 1. The number of hydrogen-bond donors (Lipinski definition) is 2. The van der Waals surface area contributed by atoms with E-state index < -0.39 is 17.3 Å². The van der Waals surface area contributed by atoms with Gasteiger partial charge in [0.25, 0.3) is 0 Å². The molecule has 1 unspecified atom stereocenters. The maximum Gasteiger partial charge on any atom is 0.337 e. The first kappa shape index (κ1) is 23.8. The van der Waals surface area contributed by atoms with Crippen LogP contribution < -0.4 is 10.6 Å². The number of nitrogens with one attached hydrogen (secondary N) is 2. The van der Waals surface area contributed by atoms with Crippen LogP contribution in [0.5, 0.6) is 0 Å². The SMILES string of the molecule is CCOC(=O)C1=C(c2ccccc2)NC(=O)C12C1=C(Nc3c2c(C)nn3-c2ccccc2)c2ccccc2C1=O. The summed E-state index contributed by atoms with van der Waals surface area (Å²) in [5.74, 6) is -0.975. The van der Waals surface area contributed by atoms with E-state index in [4.69, 9.17) is 9.84 Å². The monoisotopic (exact) mass is 528 g/mol. The van der Waals surface area contributed by atoms with E-state index in [1.54, 1.807) is 30.7 Å². The Kier molecular flexibility index (Phi) is 5.15. The fourth-order valence-corrected chi connectivity index (χ4v) is 6.19. The number of anilines is 1. The number of carbonyl (C=O) groups is 3. The molecule has 1 atom stereocenters. The van der Waals surface area contributed by atoms with Crippen molar-refractivity contribution >= 4 is 34.9 Å². The van der Waals surface area contributed by atoms with Crippen molar-refractivity contribution in [1.82, 2.24) is 15.1 Å². The smallest absolute Gasteiger partial charge is 0.337 e. The van der Waals surface area contributed by atoms with Gasteiger partial charge in [-0.2, -0.15) is 5.10 Å². The van der Waals surface area contributed by atoms with Gasteiger partial charge in [-0.25, -0.2) is 9.48 Å². The minimum absolute atomic E-state index is 0.0812. The standard InChI is InChI=1S/C32H24N4O4/c1-3-40-30(38)25-26(19-12-6-4-7-13-19)34-31(39)32(25)23-18(2)35-36(20-14-8-5-9-15-20)29(23)33-27-21-16-10-11-17-22(21)28(37)24(27)32/h4-17,33H,3H2,1-2H3,(H,34,39). The number of nitrogens with zero attached hydrogens (tertiary/aromatic N) is 2. The first-order valence-corrected chi connectivity index (χ1v) is 13.1. The average Bonchev–Trinajstić information content (AvgIpc) is 3.58. The lowest BCUT2D eigenvalue weighted by atomic mass is 9.66. The van der Waals surface area contributed by atoms with Gasteiger partial charge in [0.1, 0.15) is 11.2 Å². The molecule has 1 spiro atoms. The number of ketones is 1. The zero-order valence-electron chi connectivity index (χ0n) is 21.8. The van der Waals surface area contributed by atoms with Crippen molar-refractivity contribution in [3.05, 3.63) is 124 Å². The molecule has 2 N–H and O–H groups in total. The lowest BCUT2D eigenvalue weighted by Crippen LogP contribution is -2.47. The van der Waals surface area contributed by atoms with E-state index in [-0.39, 0.29) is 23.5 Å². The van der Waals surface area contributed by atoms with Crippen LogP contribution in [0.4, 0.5) is 5.82 Å². The van der Waals surface area contributed by atoms with Crippen LogP contribution in [0, 0.1) is 6.92 Å². The predicted molar refractivity (Wildman–Crippen MR) is 149 cm³/mol. The van der Waals surface area contributed by atoms with E-state index in [0.717, 1.165) is 5.69 Å². The minimum Gasteiger partial charge on any atom is -0.463 e. The highest BCUT2D eigenvalue weighted by Crippen LogP contribution is 2.58. The van der Waals surface area contributed by atoms with Crippen molar-refractivity contribution in [3.8, 4) is 5.69 Å².